The molecule has 1 aliphatic carbocycles. The summed E-state index contributed by atoms with van der Waals surface area (Å²) >= 11 is 0. The Morgan fingerprint density at radius 2 is 2.20 bits per heavy atom. The quantitative estimate of drug-likeness (QED) is 0.712. The first-order chi connectivity index (χ1) is 7.09. The van der Waals surface area contributed by atoms with Crippen molar-refractivity contribution in [3.63, 3.8) is 0 Å². The number of ketones is 1. The molecule has 1 saturated heterocycles. The third-order valence-corrected chi connectivity index (χ3v) is 4.25. The molecule has 1 heterocycles. The van der Waals surface area contributed by atoms with Gasteiger partial charge < -0.3 is 0 Å². The Hall–Kier alpha value is -0.370. The molecule has 0 radical (unpaired) electrons. The van der Waals surface area contributed by atoms with E-state index in [2.05, 4.69) is 18.7 Å². The zero-order valence-electron chi connectivity index (χ0n) is 10.1. The van der Waals surface area contributed by atoms with Crippen LogP contribution in [0.15, 0.2) is 0 Å². The van der Waals surface area contributed by atoms with E-state index >= 15 is 0 Å². The fraction of sp³-hybridized carbons (Fsp3) is 0.923. The molecule has 2 nitrogen and oxygen atoms in total. The number of nitrogens with zero attached hydrogens (tertiary/aromatic N) is 1. The van der Waals surface area contributed by atoms with Gasteiger partial charge in [0.15, 0.2) is 0 Å². The maximum absolute atomic E-state index is 11.5. The van der Waals surface area contributed by atoms with E-state index in [-0.39, 0.29) is 0 Å². The van der Waals surface area contributed by atoms with Gasteiger partial charge in [0.2, 0.25) is 0 Å². The minimum Gasteiger partial charge on any atom is -0.299 e. The van der Waals surface area contributed by atoms with Gasteiger partial charge in [-0.05, 0) is 59.0 Å². The zero-order chi connectivity index (χ0) is 10.9. The maximum atomic E-state index is 11.5. The average molecular weight is 209 g/mol. The molecule has 2 aliphatic rings. The molecule has 1 atom stereocenters. The van der Waals surface area contributed by atoms with Crippen molar-refractivity contribution in [2.45, 2.75) is 57.9 Å². The summed E-state index contributed by atoms with van der Waals surface area (Å²) in [5.74, 6) is 0.911. The molecular formula is C13H23NO. The summed E-state index contributed by atoms with van der Waals surface area (Å²) in [4.78, 5) is 14.1. The van der Waals surface area contributed by atoms with Crippen LogP contribution in [0, 0.1) is 5.92 Å². The van der Waals surface area contributed by atoms with E-state index in [0.717, 1.165) is 32.2 Å². The highest BCUT2D eigenvalue weighted by atomic mass is 16.1. The van der Waals surface area contributed by atoms with Crippen LogP contribution in [0.2, 0.25) is 0 Å². The lowest BCUT2D eigenvalue weighted by molar-refractivity contribution is -0.120. The summed E-state index contributed by atoms with van der Waals surface area (Å²) < 4.78 is 0. The Labute approximate surface area is 93.0 Å². The highest BCUT2D eigenvalue weighted by Crippen LogP contribution is 2.30. The Balaban J connectivity index is 1.80. The van der Waals surface area contributed by atoms with Gasteiger partial charge in [-0.1, -0.05) is 0 Å². The van der Waals surface area contributed by atoms with Crippen molar-refractivity contribution in [3.05, 3.63) is 0 Å². The van der Waals surface area contributed by atoms with E-state index in [0.29, 0.717) is 17.2 Å². The van der Waals surface area contributed by atoms with Crippen LogP contribution in [-0.4, -0.2) is 29.3 Å². The van der Waals surface area contributed by atoms with Gasteiger partial charge >= 0.3 is 0 Å². The smallest absolute Gasteiger partial charge is 0.136 e. The Kier molecular flexibility index (Phi) is 3.15. The standard InChI is InChI=1S/C13H23NO/c1-13(2)8-4-9-14(13)10-7-11-5-3-6-12(11)15/h11H,3-10H2,1-2H3. The molecule has 2 heteroatoms. The lowest BCUT2D eigenvalue weighted by Gasteiger charge is -2.32. The predicted molar refractivity (Wildman–Crippen MR) is 61.9 cm³/mol. The van der Waals surface area contributed by atoms with Crippen LogP contribution in [0.1, 0.15) is 52.4 Å². The SMILES string of the molecule is CC1(C)CCCN1CCC1CCCC1=O. The van der Waals surface area contributed by atoms with E-state index in [1.807, 2.05) is 0 Å². The summed E-state index contributed by atoms with van der Waals surface area (Å²) in [5.41, 5.74) is 0.377. The van der Waals surface area contributed by atoms with Crippen molar-refractivity contribution in [2.24, 2.45) is 5.92 Å². The topological polar surface area (TPSA) is 20.3 Å². The molecule has 0 N–H and O–H groups in total. The van der Waals surface area contributed by atoms with E-state index in [1.54, 1.807) is 0 Å². The van der Waals surface area contributed by atoms with Crippen molar-refractivity contribution in [2.75, 3.05) is 13.1 Å². The van der Waals surface area contributed by atoms with Gasteiger partial charge in [-0.2, -0.15) is 0 Å². The summed E-state index contributed by atoms with van der Waals surface area (Å²) in [6.07, 6.45) is 6.85. The molecule has 0 aromatic heterocycles. The van der Waals surface area contributed by atoms with E-state index in [1.165, 1.54) is 19.4 Å². The van der Waals surface area contributed by atoms with Crippen molar-refractivity contribution in [3.8, 4) is 0 Å². The number of likely N-dealkylation sites (tertiary alicyclic amines) is 1. The predicted octanol–water partition coefficient (Wildman–Crippen LogP) is 2.62. The third kappa shape index (κ3) is 2.41. The molecule has 15 heavy (non-hydrogen) atoms. The second-order valence-electron chi connectivity index (χ2n) is 5.75. The van der Waals surface area contributed by atoms with Crippen molar-refractivity contribution < 1.29 is 4.79 Å². The van der Waals surface area contributed by atoms with E-state index in [4.69, 9.17) is 0 Å². The van der Waals surface area contributed by atoms with E-state index in [9.17, 15) is 4.79 Å². The molecule has 0 aromatic rings. The van der Waals surface area contributed by atoms with Gasteiger partial charge in [0.1, 0.15) is 5.78 Å². The van der Waals surface area contributed by atoms with Gasteiger partial charge in [-0.15, -0.1) is 0 Å². The molecule has 1 unspecified atom stereocenters. The van der Waals surface area contributed by atoms with Crippen LogP contribution < -0.4 is 0 Å². The summed E-state index contributed by atoms with van der Waals surface area (Å²) in [6, 6.07) is 0. The minimum atomic E-state index is 0.377. The molecule has 86 valence electrons. The number of hydrogen-bond donors (Lipinski definition) is 0. The number of Topliss-reactive ketones (excluding diaryl/α,β-unsaturated/α-hetero) is 1. The third-order valence-electron chi connectivity index (χ3n) is 4.25. The van der Waals surface area contributed by atoms with Gasteiger partial charge in [-0.25, -0.2) is 0 Å². The second-order valence-corrected chi connectivity index (χ2v) is 5.75. The fourth-order valence-electron chi connectivity index (χ4n) is 3.08. The second kappa shape index (κ2) is 4.25. The number of rotatable bonds is 3. The Morgan fingerprint density at radius 1 is 1.40 bits per heavy atom. The molecule has 0 bridgehead atoms. The lowest BCUT2D eigenvalue weighted by atomic mass is 9.99. The summed E-state index contributed by atoms with van der Waals surface area (Å²) in [7, 11) is 0. The largest absolute Gasteiger partial charge is 0.299 e. The fourth-order valence-corrected chi connectivity index (χ4v) is 3.08. The molecule has 2 rings (SSSR count). The molecule has 0 spiro atoms. The van der Waals surface area contributed by atoms with Crippen molar-refractivity contribution in [1.82, 2.24) is 4.90 Å². The average Bonchev–Trinajstić information content (AvgIpc) is 2.69. The van der Waals surface area contributed by atoms with Gasteiger partial charge in [0.05, 0.1) is 0 Å². The molecule has 0 aromatic carbocycles. The highest BCUT2D eigenvalue weighted by Gasteiger charge is 2.33. The van der Waals surface area contributed by atoms with Gasteiger partial charge in [-0.3, -0.25) is 9.69 Å². The van der Waals surface area contributed by atoms with Gasteiger partial charge in [0, 0.05) is 17.9 Å². The minimum absolute atomic E-state index is 0.377. The number of carbonyl (C=O) groups excluding carboxylic acids is 1. The first-order valence-corrected chi connectivity index (χ1v) is 6.37. The Bertz CT molecular complexity index is 247. The van der Waals surface area contributed by atoms with Gasteiger partial charge in [0.25, 0.3) is 0 Å². The molecule has 2 fully saturated rings. The normalized spacial score (nSPS) is 31.3. The lowest BCUT2D eigenvalue weighted by Crippen LogP contribution is -2.39. The summed E-state index contributed by atoms with van der Waals surface area (Å²) in [6.45, 7) is 7.02. The molecule has 0 amide bonds. The maximum Gasteiger partial charge on any atom is 0.136 e. The summed E-state index contributed by atoms with van der Waals surface area (Å²) in [5, 5.41) is 0. The Morgan fingerprint density at radius 3 is 2.73 bits per heavy atom. The van der Waals surface area contributed by atoms with Crippen LogP contribution in [0.3, 0.4) is 0 Å². The van der Waals surface area contributed by atoms with Crippen LogP contribution >= 0.6 is 0 Å². The molecule has 1 saturated carbocycles. The van der Waals surface area contributed by atoms with Crippen LogP contribution in [0.25, 0.3) is 0 Å². The van der Waals surface area contributed by atoms with Crippen LogP contribution in [-0.2, 0) is 4.79 Å². The highest BCUT2D eigenvalue weighted by molar-refractivity contribution is 5.82. The molecule has 1 aliphatic heterocycles. The van der Waals surface area contributed by atoms with E-state index < -0.39 is 0 Å². The zero-order valence-corrected chi connectivity index (χ0v) is 10.1. The first kappa shape index (κ1) is 11.1. The molecular weight excluding hydrogens is 186 g/mol. The monoisotopic (exact) mass is 209 g/mol. The van der Waals surface area contributed by atoms with Crippen LogP contribution in [0.4, 0.5) is 0 Å². The van der Waals surface area contributed by atoms with Crippen molar-refractivity contribution in [1.29, 1.82) is 0 Å². The number of hydrogen-bond acceptors (Lipinski definition) is 2. The van der Waals surface area contributed by atoms with Crippen molar-refractivity contribution >= 4 is 5.78 Å². The number of carbonyl (C=O) groups is 1. The first-order valence-electron chi connectivity index (χ1n) is 6.37. The van der Waals surface area contributed by atoms with Crippen LogP contribution in [0.5, 0.6) is 0 Å².